The van der Waals surface area contributed by atoms with E-state index in [1.165, 1.54) is 24.8 Å². The van der Waals surface area contributed by atoms with Crippen molar-refractivity contribution in [2.24, 2.45) is 5.41 Å². The van der Waals surface area contributed by atoms with E-state index in [4.69, 9.17) is 4.74 Å². The molecule has 0 amide bonds. The van der Waals surface area contributed by atoms with Crippen LogP contribution >= 0.6 is 0 Å². The summed E-state index contributed by atoms with van der Waals surface area (Å²) in [6, 6.07) is 0. The quantitative estimate of drug-likeness (QED) is 0.731. The number of aryl methyl sites for hydroxylation is 1. The van der Waals surface area contributed by atoms with Crippen molar-refractivity contribution in [3.8, 4) is 0 Å². The van der Waals surface area contributed by atoms with Gasteiger partial charge in [0, 0.05) is 45.1 Å². The predicted molar refractivity (Wildman–Crippen MR) is 72.4 cm³/mol. The van der Waals surface area contributed by atoms with Crippen LogP contribution in [0.1, 0.15) is 38.2 Å². The zero-order chi connectivity index (χ0) is 12.8. The van der Waals surface area contributed by atoms with Crippen molar-refractivity contribution in [1.82, 2.24) is 15.1 Å². The lowest BCUT2D eigenvalue weighted by Crippen LogP contribution is -2.24. The van der Waals surface area contributed by atoms with E-state index in [-0.39, 0.29) is 0 Å². The average molecular weight is 251 g/mol. The van der Waals surface area contributed by atoms with Crippen molar-refractivity contribution in [1.29, 1.82) is 0 Å². The maximum atomic E-state index is 5.17. The minimum atomic E-state index is 0.523. The van der Waals surface area contributed by atoms with E-state index >= 15 is 0 Å². The first-order chi connectivity index (χ1) is 8.78. The molecule has 2 rings (SSSR count). The molecule has 0 unspecified atom stereocenters. The number of hydrogen-bond donors (Lipinski definition) is 1. The van der Waals surface area contributed by atoms with Gasteiger partial charge < -0.3 is 10.1 Å². The zero-order valence-electron chi connectivity index (χ0n) is 11.6. The molecule has 1 aliphatic carbocycles. The molecule has 4 nitrogen and oxygen atoms in total. The molecule has 1 aliphatic rings. The van der Waals surface area contributed by atoms with E-state index in [2.05, 4.69) is 23.5 Å². The molecule has 0 saturated heterocycles. The van der Waals surface area contributed by atoms with E-state index in [0.717, 1.165) is 32.7 Å². The molecule has 0 aliphatic heterocycles. The maximum absolute atomic E-state index is 5.17. The summed E-state index contributed by atoms with van der Waals surface area (Å²) in [5, 5.41) is 7.90. The lowest BCUT2D eigenvalue weighted by molar-refractivity contribution is 0.171. The predicted octanol–water partition coefficient (Wildman–Crippen LogP) is 2.20. The summed E-state index contributed by atoms with van der Waals surface area (Å²) in [7, 11) is 1.78. The Bertz CT molecular complexity index is 358. The van der Waals surface area contributed by atoms with Gasteiger partial charge in [0.05, 0.1) is 6.20 Å². The van der Waals surface area contributed by atoms with Crippen molar-refractivity contribution >= 4 is 0 Å². The van der Waals surface area contributed by atoms with Crippen LogP contribution in [-0.4, -0.2) is 30.0 Å². The highest BCUT2D eigenvalue weighted by molar-refractivity contribution is 5.04. The van der Waals surface area contributed by atoms with E-state index in [0.29, 0.717) is 5.41 Å². The molecule has 1 fully saturated rings. The molecule has 1 aromatic rings. The van der Waals surface area contributed by atoms with Gasteiger partial charge in [-0.1, -0.05) is 6.92 Å². The molecule has 0 aromatic carbocycles. The number of ether oxygens (including phenoxy) is 1. The molecule has 1 saturated carbocycles. The third kappa shape index (κ3) is 3.82. The van der Waals surface area contributed by atoms with Crippen LogP contribution in [0.2, 0.25) is 0 Å². The van der Waals surface area contributed by atoms with Gasteiger partial charge >= 0.3 is 0 Å². The third-order valence-electron chi connectivity index (χ3n) is 3.76. The van der Waals surface area contributed by atoms with Crippen LogP contribution in [-0.2, 0) is 17.8 Å². The first-order valence-electron chi connectivity index (χ1n) is 6.99. The Balaban J connectivity index is 1.68. The van der Waals surface area contributed by atoms with Crippen LogP contribution in [0.15, 0.2) is 12.4 Å². The van der Waals surface area contributed by atoms with Gasteiger partial charge in [-0.25, -0.2) is 0 Å². The monoisotopic (exact) mass is 251 g/mol. The highest BCUT2D eigenvalue weighted by atomic mass is 16.5. The van der Waals surface area contributed by atoms with Gasteiger partial charge in [-0.3, -0.25) is 4.68 Å². The number of aromatic nitrogens is 2. The van der Waals surface area contributed by atoms with Crippen molar-refractivity contribution in [2.45, 2.75) is 45.7 Å². The Labute approximate surface area is 110 Å². The Morgan fingerprint density at radius 3 is 3.00 bits per heavy atom. The molecule has 0 radical (unpaired) electrons. The number of nitrogens with zero attached hydrogens (tertiary/aromatic N) is 2. The third-order valence-corrected chi connectivity index (χ3v) is 3.76. The first-order valence-corrected chi connectivity index (χ1v) is 6.99. The van der Waals surface area contributed by atoms with Crippen molar-refractivity contribution in [3.63, 3.8) is 0 Å². The van der Waals surface area contributed by atoms with Crippen LogP contribution in [0.25, 0.3) is 0 Å². The molecular weight excluding hydrogens is 226 g/mol. The van der Waals surface area contributed by atoms with Gasteiger partial charge in [0.1, 0.15) is 0 Å². The second kappa shape index (κ2) is 6.34. The van der Waals surface area contributed by atoms with Gasteiger partial charge in [-0.15, -0.1) is 0 Å². The fourth-order valence-corrected chi connectivity index (χ4v) is 2.33. The van der Waals surface area contributed by atoms with Crippen LogP contribution in [0.4, 0.5) is 0 Å². The van der Waals surface area contributed by atoms with Gasteiger partial charge in [0.2, 0.25) is 0 Å². The molecule has 4 heteroatoms. The highest BCUT2D eigenvalue weighted by Gasteiger charge is 2.41. The minimum Gasteiger partial charge on any atom is -0.385 e. The molecule has 102 valence electrons. The summed E-state index contributed by atoms with van der Waals surface area (Å²) in [6.45, 7) is 6.11. The number of methoxy groups -OCH3 is 1. The van der Waals surface area contributed by atoms with Crippen molar-refractivity contribution < 1.29 is 4.74 Å². The van der Waals surface area contributed by atoms with E-state index < -0.39 is 0 Å². The number of hydrogen-bond acceptors (Lipinski definition) is 3. The highest BCUT2D eigenvalue weighted by Crippen LogP contribution is 2.48. The zero-order valence-corrected chi connectivity index (χ0v) is 11.6. The first kappa shape index (κ1) is 13.6. The van der Waals surface area contributed by atoms with Crippen LogP contribution < -0.4 is 5.32 Å². The van der Waals surface area contributed by atoms with Crippen LogP contribution in [0.3, 0.4) is 0 Å². The normalized spacial score (nSPS) is 17.0. The average Bonchev–Trinajstić information content (AvgIpc) is 3.00. The topological polar surface area (TPSA) is 39.1 Å². The molecule has 1 heterocycles. The van der Waals surface area contributed by atoms with Gasteiger partial charge in [0.25, 0.3) is 0 Å². The Hall–Kier alpha value is -0.870. The molecule has 0 spiro atoms. The lowest BCUT2D eigenvalue weighted by Gasteiger charge is -2.14. The lowest BCUT2D eigenvalue weighted by atomic mass is 10.0. The van der Waals surface area contributed by atoms with Crippen LogP contribution in [0.5, 0.6) is 0 Å². The van der Waals surface area contributed by atoms with Gasteiger partial charge in [0.15, 0.2) is 0 Å². The van der Waals surface area contributed by atoms with E-state index in [1.807, 2.05) is 10.9 Å². The van der Waals surface area contributed by atoms with E-state index in [9.17, 15) is 0 Å². The Morgan fingerprint density at radius 1 is 1.50 bits per heavy atom. The second-order valence-corrected chi connectivity index (χ2v) is 5.46. The summed E-state index contributed by atoms with van der Waals surface area (Å²) in [6.07, 6.45) is 9.12. The summed E-state index contributed by atoms with van der Waals surface area (Å²) in [4.78, 5) is 0. The van der Waals surface area contributed by atoms with Crippen molar-refractivity contribution in [2.75, 3.05) is 20.3 Å². The van der Waals surface area contributed by atoms with Gasteiger partial charge in [-0.2, -0.15) is 5.10 Å². The molecule has 0 bridgehead atoms. The van der Waals surface area contributed by atoms with Crippen LogP contribution in [0, 0.1) is 5.41 Å². The molecule has 0 atom stereocenters. The standard InChI is InChI=1S/C14H25N3O/c1-3-7-17-11-13(10-16-17)9-15-12-14(4-5-14)6-8-18-2/h10-11,15H,3-9,12H2,1-2H3. The number of rotatable bonds is 9. The SMILES string of the molecule is CCCn1cc(CNCC2(CCOC)CC2)cn1. The summed E-state index contributed by atoms with van der Waals surface area (Å²) < 4.78 is 7.19. The van der Waals surface area contributed by atoms with Gasteiger partial charge in [-0.05, 0) is 31.1 Å². The maximum Gasteiger partial charge on any atom is 0.0534 e. The fraction of sp³-hybridized carbons (Fsp3) is 0.786. The Morgan fingerprint density at radius 2 is 2.33 bits per heavy atom. The Kier molecular flexibility index (Phi) is 4.78. The largest absolute Gasteiger partial charge is 0.385 e. The second-order valence-electron chi connectivity index (χ2n) is 5.46. The van der Waals surface area contributed by atoms with E-state index in [1.54, 1.807) is 7.11 Å². The molecule has 1 aromatic heterocycles. The summed E-state index contributed by atoms with van der Waals surface area (Å²) in [5.41, 5.74) is 1.81. The molecular formula is C14H25N3O. The molecule has 18 heavy (non-hydrogen) atoms. The summed E-state index contributed by atoms with van der Waals surface area (Å²) in [5.74, 6) is 0. The smallest absolute Gasteiger partial charge is 0.0534 e. The minimum absolute atomic E-state index is 0.523. The number of nitrogens with one attached hydrogen (secondary N) is 1. The fourth-order valence-electron chi connectivity index (χ4n) is 2.33. The van der Waals surface area contributed by atoms with Crippen molar-refractivity contribution in [3.05, 3.63) is 18.0 Å². The summed E-state index contributed by atoms with van der Waals surface area (Å²) >= 11 is 0. The molecule has 1 N–H and O–H groups in total.